The molecule has 1 saturated carbocycles. The predicted molar refractivity (Wildman–Crippen MR) is 101 cm³/mol. The number of nitrogens with zero attached hydrogens (tertiary/aromatic N) is 2. The van der Waals surface area contributed by atoms with Gasteiger partial charge in [0.1, 0.15) is 10.6 Å². The number of fused-ring (bicyclic) bond motifs is 1. The first-order valence-electron chi connectivity index (χ1n) is 8.71. The van der Waals surface area contributed by atoms with Gasteiger partial charge in [-0.05, 0) is 61.5 Å². The largest absolute Gasteiger partial charge is 0.508 e. The lowest BCUT2D eigenvalue weighted by atomic mass is 10.1. The number of aryl methyl sites for hydroxylation is 1. The molecule has 1 aromatic carbocycles. The molecular weight excluding hydrogens is 366 g/mol. The molecule has 27 heavy (non-hydrogen) atoms. The molecule has 0 aliphatic heterocycles. The summed E-state index contributed by atoms with van der Waals surface area (Å²) in [4.78, 5) is 25.5. The number of amides is 2. The van der Waals surface area contributed by atoms with Crippen molar-refractivity contribution in [1.82, 2.24) is 25.2 Å². The number of phenols is 1. The molecule has 2 aromatic heterocycles. The molecule has 9 heteroatoms. The number of rotatable bonds is 4. The number of aromatic hydroxyl groups is 1. The van der Waals surface area contributed by atoms with E-state index in [4.69, 9.17) is 0 Å². The lowest BCUT2D eigenvalue weighted by Gasteiger charge is -2.14. The molecule has 2 heterocycles. The van der Waals surface area contributed by atoms with E-state index >= 15 is 0 Å². The maximum absolute atomic E-state index is 12.6. The minimum absolute atomic E-state index is 0.0178. The van der Waals surface area contributed by atoms with Crippen molar-refractivity contribution in [2.45, 2.75) is 38.3 Å². The Kier molecular flexibility index (Phi) is 4.53. The van der Waals surface area contributed by atoms with Gasteiger partial charge in [0.05, 0.1) is 5.52 Å². The van der Waals surface area contributed by atoms with Crippen molar-refractivity contribution in [3.63, 3.8) is 0 Å². The molecule has 3 aromatic rings. The average molecular weight is 385 g/mol. The lowest BCUT2D eigenvalue weighted by molar-refractivity contribution is 0.0934. The van der Waals surface area contributed by atoms with E-state index < -0.39 is 0 Å². The first-order valence-corrected chi connectivity index (χ1v) is 9.48. The van der Waals surface area contributed by atoms with Gasteiger partial charge in [0.25, 0.3) is 11.8 Å². The van der Waals surface area contributed by atoms with E-state index in [0.29, 0.717) is 22.2 Å². The van der Waals surface area contributed by atoms with Crippen LogP contribution in [0.2, 0.25) is 0 Å². The summed E-state index contributed by atoms with van der Waals surface area (Å²) in [6.45, 7) is 1.86. The zero-order valence-corrected chi connectivity index (χ0v) is 15.5. The minimum atomic E-state index is -0.290. The third-order valence-corrected chi connectivity index (χ3v) is 5.72. The number of H-pyrrole nitrogens is 1. The van der Waals surface area contributed by atoms with Crippen molar-refractivity contribution in [1.29, 1.82) is 0 Å². The molecule has 0 saturated heterocycles. The van der Waals surface area contributed by atoms with Crippen LogP contribution in [0.25, 0.3) is 10.9 Å². The van der Waals surface area contributed by atoms with Crippen molar-refractivity contribution < 1.29 is 14.7 Å². The van der Waals surface area contributed by atoms with E-state index in [9.17, 15) is 14.7 Å². The van der Waals surface area contributed by atoms with Crippen molar-refractivity contribution in [2.75, 3.05) is 0 Å². The Morgan fingerprint density at radius 3 is 2.67 bits per heavy atom. The van der Waals surface area contributed by atoms with Crippen LogP contribution in [0.3, 0.4) is 0 Å². The number of aromatic nitrogens is 3. The molecule has 4 N–H and O–H groups in total. The van der Waals surface area contributed by atoms with Crippen LogP contribution in [-0.2, 0) is 0 Å². The molecule has 140 valence electrons. The SMILES string of the molecule is Cc1cnsc1C(=O)N[C@@H]1CC[C@H](NC(=O)c2n[nH]c3ccc(O)cc23)C1. The summed E-state index contributed by atoms with van der Waals surface area (Å²) in [5.74, 6) is -0.317. The molecule has 4 rings (SSSR count). The number of carbonyl (C=O) groups excluding carboxylic acids is 2. The fourth-order valence-electron chi connectivity index (χ4n) is 3.43. The fourth-order valence-corrected chi connectivity index (χ4v) is 4.09. The molecule has 0 radical (unpaired) electrons. The summed E-state index contributed by atoms with van der Waals surface area (Å²) in [5, 5.41) is 23.1. The molecule has 1 aliphatic rings. The molecule has 0 spiro atoms. The predicted octanol–water partition coefficient (Wildman–Crippen LogP) is 2.11. The van der Waals surface area contributed by atoms with Crippen molar-refractivity contribution in [3.8, 4) is 5.75 Å². The number of phenolic OH excluding ortho intramolecular Hbond substituents is 1. The highest BCUT2D eigenvalue weighted by atomic mass is 32.1. The fraction of sp³-hybridized carbons (Fsp3) is 0.333. The van der Waals surface area contributed by atoms with Crippen LogP contribution in [0.15, 0.2) is 24.4 Å². The van der Waals surface area contributed by atoms with E-state index in [0.717, 1.165) is 18.4 Å². The molecule has 8 nitrogen and oxygen atoms in total. The third-order valence-electron chi connectivity index (χ3n) is 4.82. The van der Waals surface area contributed by atoms with Crippen molar-refractivity contribution >= 4 is 34.2 Å². The highest BCUT2D eigenvalue weighted by molar-refractivity contribution is 7.08. The van der Waals surface area contributed by atoms with Gasteiger partial charge in [0.15, 0.2) is 5.69 Å². The maximum atomic E-state index is 12.6. The van der Waals surface area contributed by atoms with Gasteiger partial charge < -0.3 is 15.7 Å². The molecule has 2 amide bonds. The third kappa shape index (κ3) is 3.50. The number of hydrogen-bond donors (Lipinski definition) is 4. The smallest absolute Gasteiger partial charge is 0.272 e. The van der Waals surface area contributed by atoms with Crippen molar-refractivity contribution in [2.24, 2.45) is 0 Å². The Bertz CT molecular complexity index is 1010. The highest BCUT2D eigenvalue weighted by Gasteiger charge is 2.29. The van der Waals surface area contributed by atoms with E-state index in [1.165, 1.54) is 23.7 Å². The molecule has 2 atom stereocenters. The van der Waals surface area contributed by atoms with Gasteiger partial charge in [-0.2, -0.15) is 5.10 Å². The Morgan fingerprint density at radius 2 is 1.96 bits per heavy atom. The summed E-state index contributed by atoms with van der Waals surface area (Å²) in [7, 11) is 0. The summed E-state index contributed by atoms with van der Waals surface area (Å²) in [5.41, 5.74) is 1.82. The Morgan fingerprint density at radius 1 is 1.22 bits per heavy atom. The number of carbonyl (C=O) groups is 2. The molecular formula is C18H19N5O3S. The summed E-state index contributed by atoms with van der Waals surface area (Å²) < 4.78 is 4.03. The summed E-state index contributed by atoms with van der Waals surface area (Å²) in [6, 6.07) is 4.72. The van der Waals surface area contributed by atoms with Gasteiger partial charge in [-0.1, -0.05) is 0 Å². The number of nitrogens with one attached hydrogen (secondary N) is 3. The van der Waals surface area contributed by atoms with Gasteiger partial charge in [0.2, 0.25) is 0 Å². The van der Waals surface area contributed by atoms with Gasteiger partial charge in [0, 0.05) is 23.7 Å². The van der Waals surface area contributed by atoms with Crippen LogP contribution in [-0.4, -0.2) is 43.6 Å². The number of aromatic amines is 1. The van der Waals surface area contributed by atoms with Gasteiger partial charge >= 0.3 is 0 Å². The van der Waals surface area contributed by atoms with Crippen LogP contribution in [0, 0.1) is 6.92 Å². The van der Waals surface area contributed by atoms with E-state index in [1.807, 2.05) is 6.92 Å². The first kappa shape index (κ1) is 17.5. The lowest BCUT2D eigenvalue weighted by Crippen LogP contribution is -2.37. The van der Waals surface area contributed by atoms with Crippen LogP contribution >= 0.6 is 11.5 Å². The highest BCUT2D eigenvalue weighted by Crippen LogP contribution is 2.24. The number of hydrogen-bond acceptors (Lipinski definition) is 6. The number of benzene rings is 1. The second-order valence-corrected chi connectivity index (χ2v) is 7.60. The van der Waals surface area contributed by atoms with E-state index in [2.05, 4.69) is 25.2 Å². The second-order valence-electron chi connectivity index (χ2n) is 6.79. The normalized spacial score (nSPS) is 19.3. The maximum Gasteiger partial charge on any atom is 0.272 e. The Balaban J connectivity index is 1.38. The summed E-state index contributed by atoms with van der Waals surface area (Å²) in [6.07, 6.45) is 3.94. The summed E-state index contributed by atoms with van der Waals surface area (Å²) >= 11 is 1.19. The van der Waals surface area contributed by atoms with Crippen LogP contribution < -0.4 is 10.6 Å². The van der Waals surface area contributed by atoms with Crippen LogP contribution in [0.4, 0.5) is 0 Å². The Hall–Kier alpha value is -2.94. The van der Waals surface area contributed by atoms with E-state index in [1.54, 1.807) is 12.3 Å². The average Bonchev–Trinajstić information content (AvgIpc) is 3.34. The molecule has 0 unspecified atom stereocenters. The quantitative estimate of drug-likeness (QED) is 0.548. The van der Waals surface area contributed by atoms with E-state index in [-0.39, 0.29) is 35.3 Å². The van der Waals surface area contributed by atoms with Gasteiger partial charge in [-0.25, -0.2) is 4.37 Å². The standard InChI is InChI=1S/C18H19N5O3S/c1-9-8-19-27-16(9)18(26)21-11-3-2-10(6-11)20-17(25)15-13-7-12(24)4-5-14(13)22-23-15/h4-5,7-8,10-11,24H,2-3,6H2,1H3,(H,20,25)(H,21,26)(H,22,23)/t10-,11+/m0/s1. The minimum Gasteiger partial charge on any atom is -0.508 e. The van der Waals surface area contributed by atoms with Gasteiger partial charge in [-0.15, -0.1) is 0 Å². The molecule has 1 aliphatic carbocycles. The van der Waals surface area contributed by atoms with Crippen molar-refractivity contribution in [3.05, 3.63) is 40.5 Å². The molecule has 0 bridgehead atoms. The topological polar surface area (TPSA) is 120 Å². The Labute approximate surface area is 159 Å². The van der Waals surface area contributed by atoms with Gasteiger partial charge in [-0.3, -0.25) is 14.7 Å². The zero-order chi connectivity index (χ0) is 19.0. The second kappa shape index (κ2) is 6.99. The first-order chi connectivity index (χ1) is 13.0. The van der Waals surface area contributed by atoms with Crippen LogP contribution in [0.1, 0.15) is 45.0 Å². The molecule has 1 fully saturated rings. The monoisotopic (exact) mass is 385 g/mol. The van der Waals surface area contributed by atoms with Crippen LogP contribution in [0.5, 0.6) is 5.75 Å². The zero-order valence-electron chi connectivity index (χ0n) is 14.7.